The third-order valence-electron chi connectivity index (χ3n) is 5.84. The van der Waals surface area contributed by atoms with Gasteiger partial charge in [-0.15, -0.1) is 0 Å². The number of thioether (sulfide) groups is 1. The maximum atomic E-state index is 10.8. The van der Waals surface area contributed by atoms with Crippen LogP contribution in [-0.2, 0) is 9.53 Å². The molecule has 2 aromatic heterocycles. The molecule has 2 fully saturated rings. The monoisotopic (exact) mass is 452 g/mol. The summed E-state index contributed by atoms with van der Waals surface area (Å²) in [6.45, 7) is 0. The minimum absolute atomic E-state index is 0.314. The number of hydrogen-bond acceptors (Lipinski definition) is 10. The number of aliphatic carboxylic acids is 1. The number of carboxylic acids is 1. The van der Waals surface area contributed by atoms with Crippen LogP contribution in [0, 0.1) is 0 Å². The smallest absolute Gasteiger partial charge is 0.320 e. The van der Waals surface area contributed by atoms with E-state index in [0.717, 1.165) is 12.8 Å². The van der Waals surface area contributed by atoms with Crippen LogP contribution in [0.25, 0.3) is 11.2 Å². The molecule has 12 heteroatoms. The molecular formula is C19H28N6O5S. The first kappa shape index (κ1) is 22.2. The Morgan fingerprint density at radius 1 is 1.29 bits per heavy atom. The zero-order valence-electron chi connectivity index (χ0n) is 17.0. The number of aromatic nitrogens is 4. The Labute approximate surface area is 183 Å². The number of ether oxygens (including phenoxy) is 1. The van der Waals surface area contributed by atoms with Crippen LogP contribution in [0.5, 0.6) is 0 Å². The lowest BCUT2D eigenvalue weighted by Crippen LogP contribution is -2.33. The highest BCUT2D eigenvalue weighted by Crippen LogP contribution is 2.34. The fourth-order valence-electron chi connectivity index (χ4n) is 4.04. The van der Waals surface area contributed by atoms with Gasteiger partial charge in [-0.3, -0.25) is 9.36 Å². The Morgan fingerprint density at radius 2 is 2.06 bits per heavy atom. The summed E-state index contributed by atoms with van der Waals surface area (Å²) < 4.78 is 7.56. The number of anilines is 1. The van der Waals surface area contributed by atoms with Crippen molar-refractivity contribution in [1.82, 2.24) is 19.5 Å². The van der Waals surface area contributed by atoms with E-state index in [1.165, 1.54) is 30.9 Å². The van der Waals surface area contributed by atoms with Crippen molar-refractivity contribution in [3.8, 4) is 0 Å². The van der Waals surface area contributed by atoms with Crippen molar-refractivity contribution in [2.75, 3.05) is 16.8 Å². The molecule has 11 nitrogen and oxygen atoms in total. The number of rotatable bonds is 9. The molecule has 0 unspecified atom stereocenters. The van der Waals surface area contributed by atoms with Crippen LogP contribution < -0.4 is 11.1 Å². The number of nitrogens with one attached hydrogen (secondary N) is 1. The van der Waals surface area contributed by atoms with E-state index < -0.39 is 36.6 Å². The number of aliphatic hydroxyl groups is 2. The summed E-state index contributed by atoms with van der Waals surface area (Å²) in [5, 5.41) is 33.3. The van der Waals surface area contributed by atoms with Crippen molar-refractivity contribution < 1.29 is 24.9 Å². The molecule has 1 aliphatic heterocycles. The summed E-state index contributed by atoms with van der Waals surface area (Å²) in [6, 6.07) is -0.543. The van der Waals surface area contributed by atoms with Crippen LogP contribution in [0.2, 0.25) is 0 Å². The molecule has 1 aliphatic carbocycles. The molecule has 4 rings (SSSR count). The minimum Gasteiger partial charge on any atom is -0.480 e. The third kappa shape index (κ3) is 4.77. The van der Waals surface area contributed by atoms with Gasteiger partial charge < -0.3 is 31.1 Å². The molecule has 0 bridgehead atoms. The van der Waals surface area contributed by atoms with E-state index in [1.807, 2.05) is 0 Å². The lowest BCUT2D eigenvalue weighted by molar-refractivity contribution is -0.138. The van der Waals surface area contributed by atoms with Crippen LogP contribution in [0.15, 0.2) is 12.7 Å². The minimum atomic E-state index is -1.15. The average molecular weight is 453 g/mol. The molecule has 0 amide bonds. The maximum absolute atomic E-state index is 10.8. The SMILES string of the molecule is N[C@@H](CCSC[C@H]1O[C@@H](n2cnc3c(NC4CCCC4)ncnc32)[C@H](O)[C@@H]1O)C(=O)O. The van der Waals surface area contributed by atoms with Crippen LogP contribution in [-0.4, -0.2) is 82.7 Å². The highest BCUT2D eigenvalue weighted by Gasteiger charge is 2.44. The second-order valence-electron chi connectivity index (χ2n) is 8.03. The van der Waals surface area contributed by atoms with Crippen molar-refractivity contribution in [2.45, 2.75) is 68.7 Å². The van der Waals surface area contributed by atoms with Gasteiger partial charge >= 0.3 is 5.97 Å². The first-order valence-electron chi connectivity index (χ1n) is 10.5. The molecule has 3 heterocycles. The third-order valence-corrected chi connectivity index (χ3v) is 6.93. The normalized spacial score (nSPS) is 27.7. The number of nitrogens with two attached hydrogens (primary N) is 1. The lowest BCUT2D eigenvalue weighted by atomic mass is 10.1. The van der Waals surface area contributed by atoms with Gasteiger partial charge in [-0.1, -0.05) is 12.8 Å². The highest BCUT2D eigenvalue weighted by molar-refractivity contribution is 7.99. The molecule has 31 heavy (non-hydrogen) atoms. The van der Waals surface area contributed by atoms with Gasteiger partial charge in [-0.2, -0.15) is 11.8 Å². The zero-order chi connectivity index (χ0) is 22.0. The molecule has 1 saturated carbocycles. The molecule has 0 spiro atoms. The van der Waals surface area contributed by atoms with Gasteiger partial charge in [0.15, 0.2) is 23.2 Å². The Balaban J connectivity index is 1.42. The van der Waals surface area contributed by atoms with E-state index >= 15 is 0 Å². The van der Waals surface area contributed by atoms with Gasteiger partial charge in [0.05, 0.1) is 12.4 Å². The van der Waals surface area contributed by atoms with Crippen LogP contribution >= 0.6 is 11.8 Å². The summed E-state index contributed by atoms with van der Waals surface area (Å²) in [5.41, 5.74) is 6.62. The summed E-state index contributed by atoms with van der Waals surface area (Å²) >= 11 is 1.43. The van der Waals surface area contributed by atoms with E-state index in [4.69, 9.17) is 15.6 Å². The Bertz CT molecular complexity index is 907. The maximum Gasteiger partial charge on any atom is 0.320 e. The quantitative estimate of drug-likeness (QED) is 0.332. The lowest BCUT2D eigenvalue weighted by Gasteiger charge is -2.17. The standard InChI is InChI=1S/C19H28N6O5S/c20-11(19(28)29)5-6-31-7-12-14(26)15(27)18(30-12)25-9-23-13-16(21-8-22-17(13)25)24-10-3-1-2-4-10/h8-12,14-15,18,26-27H,1-7,20H2,(H,28,29)(H,21,22,24)/t11-,12+,14+,15+,18+/m0/s1. The first-order valence-corrected chi connectivity index (χ1v) is 11.6. The van der Waals surface area contributed by atoms with Crippen molar-refractivity contribution in [3.63, 3.8) is 0 Å². The molecule has 5 atom stereocenters. The second-order valence-corrected chi connectivity index (χ2v) is 9.18. The zero-order valence-corrected chi connectivity index (χ0v) is 17.8. The van der Waals surface area contributed by atoms with E-state index in [0.29, 0.717) is 41.0 Å². The number of carbonyl (C=O) groups is 1. The van der Waals surface area contributed by atoms with Gasteiger partial charge in [-0.05, 0) is 25.0 Å². The number of hydrogen-bond donors (Lipinski definition) is 5. The van der Waals surface area contributed by atoms with Crippen LogP contribution in [0.1, 0.15) is 38.3 Å². The topological polar surface area (TPSA) is 169 Å². The number of imidazole rings is 1. The van der Waals surface area contributed by atoms with Crippen molar-refractivity contribution >= 4 is 34.7 Å². The van der Waals surface area contributed by atoms with Crippen molar-refractivity contribution in [3.05, 3.63) is 12.7 Å². The second kappa shape index (κ2) is 9.65. The predicted octanol–water partition coefficient (Wildman–Crippen LogP) is 0.335. The fourth-order valence-corrected chi connectivity index (χ4v) is 5.13. The Morgan fingerprint density at radius 3 is 2.81 bits per heavy atom. The summed E-state index contributed by atoms with van der Waals surface area (Å²) in [4.78, 5) is 23.9. The van der Waals surface area contributed by atoms with E-state index in [-0.39, 0.29) is 0 Å². The molecule has 0 radical (unpaired) electrons. The molecule has 1 saturated heterocycles. The van der Waals surface area contributed by atoms with E-state index in [1.54, 1.807) is 10.9 Å². The van der Waals surface area contributed by atoms with E-state index in [2.05, 4.69) is 20.3 Å². The number of aliphatic hydroxyl groups excluding tert-OH is 2. The van der Waals surface area contributed by atoms with Gasteiger partial charge in [0.25, 0.3) is 0 Å². The first-order chi connectivity index (χ1) is 15.0. The van der Waals surface area contributed by atoms with Gasteiger partial charge in [0.2, 0.25) is 0 Å². The van der Waals surface area contributed by atoms with E-state index in [9.17, 15) is 15.0 Å². The number of carboxylic acid groups (broad SMARTS) is 1. The van der Waals surface area contributed by atoms with Gasteiger partial charge in [0.1, 0.15) is 24.6 Å². The molecule has 2 aliphatic rings. The van der Waals surface area contributed by atoms with Crippen molar-refractivity contribution in [2.24, 2.45) is 5.73 Å². The fraction of sp³-hybridized carbons (Fsp3) is 0.684. The molecule has 6 N–H and O–H groups in total. The Kier molecular flexibility index (Phi) is 6.92. The molecular weight excluding hydrogens is 424 g/mol. The average Bonchev–Trinajstić information content (AvgIpc) is 3.47. The van der Waals surface area contributed by atoms with Crippen LogP contribution in [0.3, 0.4) is 0 Å². The number of fused-ring (bicyclic) bond motifs is 1. The predicted molar refractivity (Wildman–Crippen MR) is 115 cm³/mol. The molecule has 170 valence electrons. The molecule has 2 aromatic rings. The largest absolute Gasteiger partial charge is 0.480 e. The Hall–Kier alpha value is -1.99. The highest BCUT2D eigenvalue weighted by atomic mass is 32.2. The summed E-state index contributed by atoms with van der Waals surface area (Å²) in [5.74, 6) is 0.532. The molecule has 0 aromatic carbocycles. The van der Waals surface area contributed by atoms with Gasteiger partial charge in [0, 0.05) is 11.8 Å². The number of nitrogens with zero attached hydrogens (tertiary/aromatic N) is 4. The summed E-state index contributed by atoms with van der Waals surface area (Å²) in [6.07, 6.45) is 4.22. The van der Waals surface area contributed by atoms with Gasteiger partial charge in [-0.25, -0.2) is 15.0 Å². The summed E-state index contributed by atoms with van der Waals surface area (Å²) in [7, 11) is 0. The van der Waals surface area contributed by atoms with Crippen LogP contribution in [0.4, 0.5) is 5.82 Å². The van der Waals surface area contributed by atoms with Crippen molar-refractivity contribution in [1.29, 1.82) is 0 Å².